The standard InChI is InChI=1S/C16H21N3O2S/c1-12(2)15-18-14(11-22-15)8-9-17-16(20)19-21-10-13-6-4-3-5-7-13/h3-7,11-12H,8-10H2,1-2H3,(H2,17,19,20). The average Bonchev–Trinajstić information content (AvgIpc) is 2.97. The molecule has 0 spiro atoms. The number of nitrogens with zero attached hydrogens (tertiary/aromatic N) is 1. The summed E-state index contributed by atoms with van der Waals surface area (Å²) in [6, 6.07) is 9.33. The lowest BCUT2D eigenvalue weighted by Crippen LogP contribution is -2.36. The van der Waals surface area contributed by atoms with Crippen molar-refractivity contribution >= 4 is 17.4 Å². The molecule has 0 fully saturated rings. The summed E-state index contributed by atoms with van der Waals surface area (Å²) in [4.78, 5) is 21.2. The number of hydrogen-bond donors (Lipinski definition) is 2. The van der Waals surface area contributed by atoms with Crippen LogP contribution in [0.1, 0.15) is 36.0 Å². The molecule has 0 saturated carbocycles. The third kappa shape index (κ3) is 5.46. The van der Waals surface area contributed by atoms with Crippen LogP contribution in [0.3, 0.4) is 0 Å². The van der Waals surface area contributed by atoms with Crippen molar-refractivity contribution in [2.45, 2.75) is 32.8 Å². The normalized spacial score (nSPS) is 10.7. The van der Waals surface area contributed by atoms with Crippen molar-refractivity contribution < 1.29 is 9.63 Å². The number of thiazole rings is 1. The number of hydroxylamine groups is 1. The largest absolute Gasteiger partial charge is 0.338 e. The van der Waals surface area contributed by atoms with E-state index < -0.39 is 0 Å². The molecular weight excluding hydrogens is 298 g/mol. The minimum atomic E-state index is -0.338. The second-order valence-corrected chi connectivity index (χ2v) is 6.10. The molecular formula is C16H21N3O2S. The van der Waals surface area contributed by atoms with Gasteiger partial charge in [-0.1, -0.05) is 44.2 Å². The predicted molar refractivity (Wildman–Crippen MR) is 87.7 cm³/mol. The Bertz CT molecular complexity index is 584. The lowest BCUT2D eigenvalue weighted by atomic mass is 10.2. The second kappa shape index (κ2) is 8.51. The van der Waals surface area contributed by atoms with Crippen LogP contribution in [0, 0.1) is 0 Å². The maximum Gasteiger partial charge on any atom is 0.338 e. The van der Waals surface area contributed by atoms with E-state index in [0.717, 1.165) is 22.7 Å². The summed E-state index contributed by atoms with van der Waals surface area (Å²) in [7, 11) is 0. The lowest BCUT2D eigenvalue weighted by molar-refractivity contribution is 0.0491. The maximum atomic E-state index is 11.6. The first kappa shape index (κ1) is 16.5. The number of nitrogens with one attached hydrogen (secondary N) is 2. The van der Waals surface area contributed by atoms with Crippen molar-refractivity contribution in [3.63, 3.8) is 0 Å². The van der Waals surface area contributed by atoms with Gasteiger partial charge in [-0.15, -0.1) is 11.3 Å². The van der Waals surface area contributed by atoms with Gasteiger partial charge >= 0.3 is 6.03 Å². The molecule has 0 unspecified atom stereocenters. The third-order valence-corrected chi connectivity index (χ3v) is 4.17. The molecule has 2 N–H and O–H groups in total. The number of amides is 2. The van der Waals surface area contributed by atoms with E-state index >= 15 is 0 Å². The van der Waals surface area contributed by atoms with Crippen LogP contribution < -0.4 is 10.8 Å². The van der Waals surface area contributed by atoms with Gasteiger partial charge in [0.1, 0.15) is 0 Å². The molecule has 1 heterocycles. The summed E-state index contributed by atoms with van der Waals surface area (Å²) < 4.78 is 0. The highest BCUT2D eigenvalue weighted by Gasteiger charge is 2.06. The molecule has 6 heteroatoms. The molecule has 2 aromatic rings. The second-order valence-electron chi connectivity index (χ2n) is 5.21. The molecule has 2 rings (SSSR count). The summed E-state index contributed by atoms with van der Waals surface area (Å²) in [5.74, 6) is 0.446. The molecule has 0 aliphatic rings. The van der Waals surface area contributed by atoms with Gasteiger partial charge < -0.3 is 5.32 Å². The molecule has 0 radical (unpaired) electrons. The Morgan fingerprint density at radius 2 is 2.09 bits per heavy atom. The van der Waals surface area contributed by atoms with Gasteiger partial charge in [0.2, 0.25) is 0 Å². The number of aromatic nitrogens is 1. The number of hydrogen-bond acceptors (Lipinski definition) is 4. The summed E-state index contributed by atoms with van der Waals surface area (Å²) in [5, 5.41) is 5.92. The van der Waals surface area contributed by atoms with E-state index in [4.69, 9.17) is 4.84 Å². The third-order valence-electron chi connectivity index (χ3n) is 2.98. The van der Waals surface area contributed by atoms with Crippen LogP contribution in [0.15, 0.2) is 35.7 Å². The smallest absolute Gasteiger partial charge is 0.336 e. The first-order valence-electron chi connectivity index (χ1n) is 7.29. The molecule has 118 valence electrons. The Labute approximate surface area is 134 Å². The summed E-state index contributed by atoms with van der Waals surface area (Å²) in [5.41, 5.74) is 4.39. The number of rotatable bonds is 7. The van der Waals surface area contributed by atoms with Crippen LogP contribution in [0.25, 0.3) is 0 Å². The highest BCUT2D eigenvalue weighted by atomic mass is 32.1. The zero-order chi connectivity index (χ0) is 15.8. The van der Waals surface area contributed by atoms with Crippen LogP contribution in [0.2, 0.25) is 0 Å². The Morgan fingerprint density at radius 3 is 2.77 bits per heavy atom. The SMILES string of the molecule is CC(C)c1nc(CCNC(=O)NOCc2ccccc2)cs1. The molecule has 22 heavy (non-hydrogen) atoms. The van der Waals surface area contributed by atoms with E-state index in [2.05, 4.69) is 29.6 Å². The first-order chi connectivity index (χ1) is 10.6. The Morgan fingerprint density at radius 1 is 1.32 bits per heavy atom. The zero-order valence-corrected chi connectivity index (χ0v) is 13.7. The van der Waals surface area contributed by atoms with Crippen LogP contribution in [-0.2, 0) is 17.9 Å². The summed E-state index contributed by atoms with van der Waals surface area (Å²) in [6.07, 6.45) is 0.718. The monoisotopic (exact) mass is 319 g/mol. The van der Waals surface area contributed by atoms with Crippen LogP contribution in [-0.4, -0.2) is 17.6 Å². The van der Waals surface area contributed by atoms with Crippen molar-refractivity contribution in [3.8, 4) is 0 Å². The van der Waals surface area contributed by atoms with E-state index in [9.17, 15) is 4.79 Å². The first-order valence-corrected chi connectivity index (χ1v) is 8.17. The highest BCUT2D eigenvalue weighted by molar-refractivity contribution is 7.09. The molecule has 5 nitrogen and oxygen atoms in total. The topological polar surface area (TPSA) is 63.2 Å². The quantitative estimate of drug-likeness (QED) is 0.770. The Kier molecular flexibility index (Phi) is 6.36. The van der Waals surface area contributed by atoms with Crippen LogP contribution in [0.5, 0.6) is 0 Å². The summed E-state index contributed by atoms with van der Waals surface area (Å²) >= 11 is 1.66. The van der Waals surface area contributed by atoms with Gasteiger partial charge in [-0.05, 0) is 5.56 Å². The number of carbonyl (C=O) groups is 1. The number of urea groups is 1. The van der Waals surface area contributed by atoms with E-state index in [1.165, 1.54) is 0 Å². The number of carbonyl (C=O) groups excluding carboxylic acids is 1. The van der Waals surface area contributed by atoms with E-state index in [1.807, 2.05) is 35.7 Å². The van der Waals surface area contributed by atoms with Crippen molar-refractivity contribution in [1.29, 1.82) is 0 Å². The fourth-order valence-electron chi connectivity index (χ4n) is 1.80. The minimum absolute atomic E-state index is 0.338. The lowest BCUT2D eigenvalue weighted by Gasteiger charge is -2.07. The average molecular weight is 319 g/mol. The van der Waals surface area contributed by atoms with Gasteiger partial charge in [0, 0.05) is 24.3 Å². The molecule has 0 bridgehead atoms. The van der Waals surface area contributed by atoms with Crippen molar-refractivity contribution in [3.05, 3.63) is 52.0 Å². The Balaban J connectivity index is 1.61. The number of benzene rings is 1. The van der Waals surface area contributed by atoms with Crippen molar-refractivity contribution in [1.82, 2.24) is 15.8 Å². The molecule has 0 aliphatic carbocycles. The molecule has 1 aromatic heterocycles. The molecule has 1 aromatic carbocycles. The van der Waals surface area contributed by atoms with Gasteiger partial charge in [-0.3, -0.25) is 4.84 Å². The Hall–Kier alpha value is -1.92. The zero-order valence-electron chi connectivity index (χ0n) is 12.8. The minimum Gasteiger partial charge on any atom is -0.336 e. The van der Waals surface area contributed by atoms with Crippen molar-refractivity contribution in [2.75, 3.05) is 6.54 Å². The van der Waals surface area contributed by atoms with Gasteiger partial charge in [0.25, 0.3) is 0 Å². The molecule has 0 atom stereocenters. The fourth-order valence-corrected chi connectivity index (χ4v) is 2.67. The van der Waals surface area contributed by atoms with Crippen LogP contribution in [0.4, 0.5) is 4.79 Å². The van der Waals surface area contributed by atoms with E-state index in [0.29, 0.717) is 19.1 Å². The van der Waals surface area contributed by atoms with Gasteiger partial charge in [-0.2, -0.15) is 0 Å². The fraction of sp³-hybridized carbons (Fsp3) is 0.375. The van der Waals surface area contributed by atoms with Gasteiger partial charge in [-0.25, -0.2) is 15.3 Å². The van der Waals surface area contributed by atoms with Gasteiger partial charge in [0.15, 0.2) is 0 Å². The van der Waals surface area contributed by atoms with E-state index in [-0.39, 0.29) is 6.03 Å². The molecule has 0 aliphatic heterocycles. The van der Waals surface area contributed by atoms with E-state index in [1.54, 1.807) is 11.3 Å². The molecule has 0 saturated heterocycles. The van der Waals surface area contributed by atoms with Crippen LogP contribution >= 0.6 is 11.3 Å². The highest BCUT2D eigenvalue weighted by Crippen LogP contribution is 2.19. The molecule has 2 amide bonds. The van der Waals surface area contributed by atoms with Crippen molar-refractivity contribution in [2.24, 2.45) is 0 Å². The van der Waals surface area contributed by atoms with Gasteiger partial charge in [0.05, 0.1) is 17.3 Å². The summed E-state index contributed by atoms with van der Waals surface area (Å²) in [6.45, 7) is 5.12. The maximum absolute atomic E-state index is 11.6. The predicted octanol–water partition coefficient (Wildman–Crippen LogP) is 3.24.